The first kappa shape index (κ1) is 20.7. The van der Waals surface area contributed by atoms with E-state index in [0.29, 0.717) is 12.5 Å². The van der Waals surface area contributed by atoms with E-state index in [2.05, 4.69) is 15.6 Å². The van der Waals surface area contributed by atoms with Gasteiger partial charge in [-0.2, -0.15) is 0 Å². The van der Waals surface area contributed by atoms with Crippen molar-refractivity contribution in [3.8, 4) is 0 Å². The fourth-order valence-electron chi connectivity index (χ4n) is 4.08. The third-order valence-electron chi connectivity index (χ3n) is 5.89. The van der Waals surface area contributed by atoms with E-state index in [9.17, 15) is 9.90 Å². The van der Waals surface area contributed by atoms with Gasteiger partial charge in [-0.15, -0.1) is 24.0 Å². The second-order valence-corrected chi connectivity index (χ2v) is 7.75. The van der Waals surface area contributed by atoms with Gasteiger partial charge in [0.2, 0.25) is 5.91 Å². The minimum absolute atomic E-state index is 0. The van der Waals surface area contributed by atoms with E-state index >= 15 is 0 Å². The molecule has 0 aromatic rings. The number of halogens is 1. The zero-order chi connectivity index (χ0) is 17.0. The molecule has 7 heteroatoms. The summed E-state index contributed by atoms with van der Waals surface area (Å²) in [7, 11) is 1.75. The maximum absolute atomic E-state index is 12.6. The van der Waals surface area contributed by atoms with Gasteiger partial charge < -0.3 is 20.6 Å². The van der Waals surface area contributed by atoms with Crippen LogP contribution in [0.1, 0.15) is 57.8 Å². The predicted molar refractivity (Wildman–Crippen MR) is 110 cm³/mol. The number of guanidine groups is 1. The molecular weight excluding hydrogens is 431 g/mol. The molecule has 0 radical (unpaired) electrons. The van der Waals surface area contributed by atoms with Crippen LogP contribution in [-0.2, 0) is 4.79 Å². The molecule has 1 heterocycles. The Morgan fingerprint density at radius 3 is 2.52 bits per heavy atom. The third-order valence-corrected chi connectivity index (χ3v) is 5.89. The van der Waals surface area contributed by atoms with Crippen LogP contribution in [0.5, 0.6) is 0 Å². The molecule has 1 saturated heterocycles. The first-order chi connectivity index (χ1) is 11.6. The van der Waals surface area contributed by atoms with Crippen molar-refractivity contribution in [1.82, 2.24) is 15.5 Å². The number of aliphatic imine (C=N–C) groups is 1. The van der Waals surface area contributed by atoms with Gasteiger partial charge in [-0.1, -0.05) is 19.3 Å². The molecule has 25 heavy (non-hydrogen) atoms. The molecule has 0 bridgehead atoms. The molecule has 2 saturated carbocycles. The average Bonchev–Trinajstić information content (AvgIpc) is 3.05. The van der Waals surface area contributed by atoms with Crippen LogP contribution in [0.2, 0.25) is 0 Å². The fourth-order valence-corrected chi connectivity index (χ4v) is 4.08. The zero-order valence-corrected chi connectivity index (χ0v) is 17.6. The Bertz CT molecular complexity index is 476. The van der Waals surface area contributed by atoms with E-state index in [1.54, 1.807) is 7.05 Å². The lowest BCUT2D eigenvalue weighted by Crippen LogP contribution is -2.52. The summed E-state index contributed by atoms with van der Waals surface area (Å²) in [5.74, 6) is 1.33. The molecule has 6 nitrogen and oxygen atoms in total. The number of likely N-dealkylation sites (tertiary alicyclic amines) is 1. The van der Waals surface area contributed by atoms with Gasteiger partial charge >= 0.3 is 0 Å². The molecule has 1 amide bonds. The van der Waals surface area contributed by atoms with Crippen LogP contribution in [-0.4, -0.2) is 60.2 Å². The van der Waals surface area contributed by atoms with Gasteiger partial charge in [-0.3, -0.25) is 9.79 Å². The first-order valence-corrected chi connectivity index (χ1v) is 9.58. The van der Waals surface area contributed by atoms with Crippen molar-refractivity contribution in [2.75, 3.05) is 26.7 Å². The van der Waals surface area contributed by atoms with E-state index in [-0.39, 0.29) is 35.9 Å². The number of amides is 1. The Kier molecular flexibility index (Phi) is 7.79. The number of carbonyl (C=O) groups is 1. The summed E-state index contributed by atoms with van der Waals surface area (Å²) >= 11 is 0. The topological polar surface area (TPSA) is 77.0 Å². The molecule has 1 atom stereocenters. The zero-order valence-electron chi connectivity index (χ0n) is 15.3. The largest absolute Gasteiger partial charge is 0.388 e. The smallest absolute Gasteiger partial charge is 0.225 e. The predicted octanol–water partition coefficient (Wildman–Crippen LogP) is 1.87. The molecule has 3 rings (SSSR count). The highest BCUT2D eigenvalue weighted by molar-refractivity contribution is 14.0. The number of aliphatic hydroxyl groups is 1. The Morgan fingerprint density at radius 1 is 1.20 bits per heavy atom. The summed E-state index contributed by atoms with van der Waals surface area (Å²) < 4.78 is 0. The summed E-state index contributed by atoms with van der Waals surface area (Å²) in [6.07, 6.45) is 9.60. The highest BCUT2D eigenvalue weighted by Crippen LogP contribution is 2.30. The Morgan fingerprint density at radius 2 is 1.92 bits per heavy atom. The summed E-state index contributed by atoms with van der Waals surface area (Å²) in [5.41, 5.74) is -0.559. The van der Waals surface area contributed by atoms with Crippen molar-refractivity contribution in [2.24, 2.45) is 10.9 Å². The lowest BCUT2D eigenvalue weighted by atomic mass is 9.80. The normalized spacial score (nSPS) is 26.6. The van der Waals surface area contributed by atoms with Crippen LogP contribution in [0.15, 0.2) is 4.99 Å². The standard InChI is InChI=1S/C18H32N4O2.HI/c1-19-17(20-13-18(24)9-5-10-18)21-15-8-11-22(12-15)16(23)14-6-3-2-4-7-14;/h14-15,24H,2-13H2,1H3,(H2,19,20,21);1H. The van der Waals surface area contributed by atoms with E-state index in [0.717, 1.165) is 57.6 Å². The minimum Gasteiger partial charge on any atom is -0.388 e. The number of nitrogens with zero attached hydrogens (tertiary/aromatic N) is 2. The number of rotatable bonds is 4. The van der Waals surface area contributed by atoms with Crippen LogP contribution in [0, 0.1) is 5.92 Å². The van der Waals surface area contributed by atoms with Gasteiger partial charge in [0, 0.05) is 38.6 Å². The minimum atomic E-state index is -0.559. The Hall–Kier alpha value is -0.570. The van der Waals surface area contributed by atoms with Gasteiger partial charge in [-0.05, 0) is 38.5 Å². The molecule has 3 fully saturated rings. The van der Waals surface area contributed by atoms with Crippen LogP contribution in [0.25, 0.3) is 0 Å². The lowest BCUT2D eigenvalue weighted by Gasteiger charge is -2.37. The van der Waals surface area contributed by atoms with Crippen LogP contribution < -0.4 is 10.6 Å². The molecule has 144 valence electrons. The average molecular weight is 464 g/mol. The molecule has 0 aromatic heterocycles. The molecule has 1 aliphatic heterocycles. The van der Waals surface area contributed by atoms with E-state index in [1.807, 2.05) is 4.90 Å². The Labute approximate surface area is 168 Å². The number of carbonyl (C=O) groups excluding carboxylic acids is 1. The maximum Gasteiger partial charge on any atom is 0.225 e. The molecule has 1 unspecified atom stereocenters. The van der Waals surface area contributed by atoms with Gasteiger partial charge in [0.05, 0.1) is 5.60 Å². The molecule has 0 spiro atoms. The van der Waals surface area contributed by atoms with Crippen molar-refractivity contribution in [3.63, 3.8) is 0 Å². The van der Waals surface area contributed by atoms with Gasteiger partial charge in [0.25, 0.3) is 0 Å². The highest BCUT2D eigenvalue weighted by atomic mass is 127. The molecule has 3 N–H and O–H groups in total. The fraction of sp³-hybridized carbons (Fsp3) is 0.889. The number of hydrogen-bond acceptors (Lipinski definition) is 3. The summed E-state index contributed by atoms with van der Waals surface area (Å²) in [5, 5.41) is 16.8. The summed E-state index contributed by atoms with van der Waals surface area (Å²) in [6, 6.07) is 0.250. The molecule has 3 aliphatic rings. The molecule has 0 aromatic carbocycles. The van der Waals surface area contributed by atoms with E-state index in [4.69, 9.17) is 0 Å². The number of hydrogen-bond donors (Lipinski definition) is 3. The highest BCUT2D eigenvalue weighted by Gasteiger charge is 2.35. The van der Waals surface area contributed by atoms with E-state index in [1.165, 1.54) is 19.3 Å². The number of nitrogens with one attached hydrogen (secondary N) is 2. The Balaban J connectivity index is 0.00000225. The molecular formula is C18H33IN4O2. The summed E-state index contributed by atoms with van der Waals surface area (Å²) in [6.45, 7) is 2.15. The quantitative estimate of drug-likeness (QED) is 0.337. The van der Waals surface area contributed by atoms with Crippen LogP contribution in [0.4, 0.5) is 0 Å². The lowest BCUT2D eigenvalue weighted by molar-refractivity contribution is -0.135. The van der Waals surface area contributed by atoms with Crippen molar-refractivity contribution < 1.29 is 9.90 Å². The van der Waals surface area contributed by atoms with Gasteiger partial charge in [-0.25, -0.2) is 0 Å². The monoisotopic (exact) mass is 464 g/mol. The maximum atomic E-state index is 12.6. The molecule has 2 aliphatic carbocycles. The first-order valence-electron chi connectivity index (χ1n) is 9.58. The second kappa shape index (κ2) is 9.39. The SMILES string of the molecule is CN=C(NCC1(O)CCC1)NC1CCN(C(=O)C2CCCCC2)C1.I. The van der Waals surface area contributed by atoms with Crippen molar-refractivity contribution >= 4 is 35.8 Å². The van der Waals surface area contributed by atoms with Crippen molar-refractivity contribution in [3.05, 3.63) is 0 Å². The second-order valence-electron chi connectivity index (χ2n) is 7.75. The van der Waals surface area contributed by atoms with Gasteiger partial charge in [0.1, 0.15) is 0 Å². The van der Waals surface area contributed by atoms with E-state index < -0.39 is 5.60 Å². The summed E-state index contributed by atoms with van der Waals surface area (Å²) in [4.78, 5) is 18.9. The van der Waals surface area contributed by atoms with Gasteiger partial charge in [0.15, 0.2) is 5.96 Å². The van der Waals surface area contributed by atoms with Crippen LogP contribution >= 0.6 is 24.0 Å². The van der Waals surface area contributed by atoms with Crippen molar-refractivity contribution in [1.29, 1.82) is 0 Å². The third kappa shape index (κ3) is 5.45. The van der Waals surface area contributed by atoms with Crippen LogP contribution in [0.3, 0.4) is 0 Å². The van der Waals surface area contributed by atoms with Crippen molar-refractivity contribution in [2.45, 2.75) is 69.4 Å².